The lowest BCUT2D eigenvalue weighted by Gasteiger charge is -2.02. The van der Waals surface area contributed by atoms with Gasteiger partial charge in [0.15, 0.2) is 0 Å². The first kappa shape index (κ1) is 18.0. The van der Waals surface area contributed by atoms with E-state index in [9.17, 15) is 9.59 Å². The van der Waals surface area contributed by atoms with Crippen LogP contribution in [0.2, 0.25) is 5.02 Å². The molecule has 0 unspecified atom stereocenters. The summed E-state index contributed by atoms with van der Waals surface area (Å²) in [6.07, 6.45) is 1.32. The number of carbonyl (C=O) groups excluding carboxylic acids is 1. The van der Waals surface area contributed by atoms with Crippen LogP contribution in [0, 0.1) is 0 Å². The number of carboxylic acid groups (broad SMARTS) is 1. The van der Waals surface area contributed by atoms with E-state index in [1.54, 1.807) is 18.2 Å². The van der Waals surface area contributed by atoms with Crippen LogP contribution in [0.1, 0.15) is 21.5 Å². The molecule has 2 N–H and O–H groups in total. The Balaban J connectivity index is 1.79. The van der Waals surface area contributed by atoms with Crippen molar-refractivity contribution in [3.05, 3.63) is 70.2 Å². The van der Waals surface area contributed by atoms with Gasteiger partial charge < -0.3 is 5.11 Å². The van der Waals surface area contributed by atoms with E-state index in [-0.39, 0.29) is 17.2 Å². The fourth-order valence-corrected chi connectivity index (χ4v) is 2.76. The minimum Gasteiger partial charge on any atom is -0.478 e. The molecule has 0 saturated carbocycles. The van der Waals surface area contributed by atoms with Crippen molar-refractivity contribution in [3.63, 3.8) is 0 Å². The zero-order valence-electron chi connectivity index (χ0n) is 12.6. The minimum absolute atomic E-state index is 0.132. The molecule has 5 nitrogen and oxygen atoms in total. The van der Waals surface area contributed by atoms with Gasteiger partial charge in [-0.15, -0.1) is 11.8 Å². The molecule has 0 spiro atoms. The van der Waals surface area contributed by atoms with Crippen LogP contribution in [0.25, 0.3) is 0 Å². The first-order valence-corrected chi connectivity index (χ1v) is 8.56. The average Bonchev–Trinajstić information content (AvgIpc) is 2.57. The number of hydrogen-bond acceptors (Lipinski definition) is 4. The molecule has 0 bridgehead atoms. The Hall–Kier alpha value is -2.31. The number of nitrogens with zero attached hydrogens (tertiary/aromatic N) is 1. The van der Waals surface area contributed by atoms with Crippen LogP contribution in [-0.2, 0) is 10.5 Å². The number of carbonyl (C=O) groups is 2. The predicted molar refractivity (Wildman–Crippen MR) is 96.8 cm³/mol. The van der Waals surface area contributed by atoms with Gasteiger partial charge in [0.05, 0.1) is 17.5 Å². The highest BCUT2D eigenvalue weighted by molar-refractivity contribution is 7.99. The Labute approximate surface area is 148 Å². The predicted octanol–water partition coefficient (Wildman–Crippen LogP) is 3.42. The number of hydrogen-bond donors (Lipinski definition) is 2. The standard InChI is InChI=1S/C17H15ClN2O3S/c18-14-7-5-12(6-8-14)10-24-11-16(21)20-19-9-13-3-1-2-4-15(13)17(22)23/h1-9H,10-11H2,(H,20,21)(H,22,23)/b19-9-. The minimum atomic E-state index is -1.04. The second-order valence-electron chi connectivity index (χ2n) is 4.80. The molecule has 0 radical (unpaired) electrons. The van der Waals surface area contributed by atoms with E-state index >= 15 is 0 Å². The van der Waals surface area contributed by atoms with Gasteiger partial charge in [0, 0.05) is 16.3 Å². The second kappa shape index (κ2) is 9.10. The molecule has 0 atom stereocenters. The summed E-state index contributed by atoms with van der Waals surface area (Å²) in [6.45, 7) is 0. The van der Waals surface area contributed by atoms with Gasteiger partial charge in [-0.1, -0.05) is 41.9 Å². The molecule has 2 aromatic carbocycles. The lowest BCUT2D eigenvalue weighted by molar-refractivity contribution is -0.118. The Morgan fingerprint density at radius 2 is 1.88 bits per heavy atom. The maximum absolute atomic E-state index is 11.7. The normalized spacial score (nSPS) is 10.7. The maximum Gasteiger partial charge on any atom is 0.336 e. The van der Waals surface area contributed by atoms with Crippen molar-refractivity contribution >= 4 is 41.5 Å². The summed E-state index contributed by atoms with van der Waals surface area (Å²) in [5, 5.41) is 13.5. The smallest absolute Gasteiger partial charge is 0.336 e. The van der Waals surface area contributed by atoms with E-state index in [1.807, 2.05) is 24.3 Å². The number of rotatable bonds is 7. The summed E-state index contributed by atoms with van der Waals surface area (Å²) in [5.74, 6) is -0.351. The number of thioether (sulfide) groups is 1. The van der Waals surface area contributed by atoms with Crippen LogP contribution in [0.5, 0.6) is 0 Å². The Kier molecular flexibility index (Phi) is 6.84. The average molecular weight is 363 g/mol. The largest absolute Gasteiger partial charge is 0.478 e. The molecule has 0 saturated heterocycles. The lowest BCUT2D eigenvalue weighted by atomic mass is 10.1. The van der Waals surface area contributed by atoms with Crippen molar-refractivity contribution in [1.82, 2.24) is 5.43 Å². The van der Waals surface area contributed by atoms with Gasteiger partial charge in [-0.25, -0.2) is 10.2 Å². The van der Waals surface area contributed by atoms with E-state index < -0.39 is 5.97 Å². The molecule has 0 fully saturated rings. The van der Waals surface area contributed by atoms with Crippen LogP contribution in [0.3, 0.4) is 0 Å². The number of benzene rings is 2. The van der Waals surface area contributed by atoms with Gasteiger partial charge in [0.2, 0.25) is 5.91 Å². The number of aromatic carboxylic acids is 1. The molecule has 0 aliphatic carbocycles. The van der Waals surface area contributed by atoms with Crippen molar-refractivity contribution < 1.29 is 14.7 Å². The van der Waals surface area contributed by atoms with Gasteiger partial charge in [0.1, 0.15) is 0 Å². The summed E-state index contributed by atoms with van der Waals surface area (Å²) >= 11 is 7.26. The topological polar surface area (TPSA) is 78.8 Å². The monoisotopic (exact) mass is 362 g/mol. The van der Waals surface area contributed by atoms with E-state index in [4.69, 9.17) is 16.7 Å². The number of halogens is 1. The fraction of sp³-hybridized carbons (Fsp3) is 0.118. The molecule has 2 aromatic rings. The van der Waals surface area contributed by atoms with Crippen molar-refractivity contribution in [1.29, 1.82) is 0 Å². The van der Waals surface area contributed by atoms with E-state index in [2.05, 4.69) is 10.5 Å². The first-order valence-electron chi connectivity index (χ1n) is 7.02. The SMILES string of the molecule is O=C(CSCc1ccc(Cl)cc1)N/N=C\c1ccccc1C(=O)O. The Morgan fingerprint density at radius 3 is 2.58 bits per heavy atom. The summed E-state index contributed by atoms with van der Waals surface area (Å²) in [4.78, 5) is 22.8. The van der Waals surface area contributed by atoms with Gasteiger partial charge >= 0.3 is 5.97 Å². The molecule has 1 amide bonds. The van der Waals surface area contributed by atoms with Crippen LogP contribution >= 0.6 is 23.4 Å². The third-order valence-corrected chi connectivity index (χ3v) is 4.25. The zero-order chi connectivity index (χ0) is 17.4. The number of amides is 1. The summed E-state index contributed by atoms with van der Waals surface area (Å²) in [6, 6.07) is 13.9. The lowest BCUT2D eigenvalue weighted by Crippen LogP contribution is -2.20. The van der Waals surface area contributed by atoms with Crippen molar-refractivity contribution in [2.45, 2.75) is 5.75 Å². The summed E-state index contributed by atoms with van der Waals surface area (Å²) < 4.78 is 0. The van der Waals surface area contributed by atoms with Crippen molar-refractivity contribution in [2.75, 3.05) is 5.75 Å². The summed E-state index contributed by atoms with van der Waals surface area (Å²) in [7, 11) is 0. The third kappa shape index (κ3) is 5.72. The van der Waals surface area contributed by atoms with Gasteiger partial charge in [-0.05, 0) is 23.8 Å². The number of nitrogens with one attached hydrogen (secondary N) is 1. The van der Waals surface area contributed by atoms with E-state index in [0.717, 1.165) is 5.56 Å². The molecule has 0 aromatic heterocycles. The molecular formula is C17H15ClN2O3S. The van der Waals surface area contributed by atoms with E-state index in [1.165, 1.54) is 24.0 Å². The molecule has 124 valence electrons. The molecule has 0 heterocycles. The molecule has 7 heteroatoms. The molecule has 24 heavy (non-hydrogen) atoms. The number of carboxylic acids is 1. The molecular weight excluding hydrogens is 348 g/mol. The fourth-order valence-electron chi connectivity index (χ4n) is 1.85. The first-order chi connectivity index (χ1) is 11.6. The third-order valence-electron chi connectivity index (χ3n) is 3.00. The molecule has 0 aliphatic rings. The highest BCUT2D eigenvalue weighted by Crippen LogP contribution is 2.15. The molecule has 2 rings (SSSR count). The van der Waals surface area contributed by atoms with Crippen molar-refractivity contribution in [3.8, 4) is 0 Å². The quantitative estimate of drug-likeness (QED) is 0.584. The zero-order valence-corrected chi connectivity index (χ0v) is 14.2. The van der Waals surface area contributed by atoms with Crippen molar-refractivity contribution in [2.24, 2.45) is 5.10 Å². The highest BCUT2D eigenvalue weighted by Gasteiger charge is 2.07. The number of hydrazone groups is 1. The van der Waals surface area contributed by atoms with Crippen LogP contribution in [0.4, 0.5) is 0 Å². The van der Waals surface area contributed by atoms with Gasteiger partial charge in [-0.3, -0.25) is 4.79 Å². The molecule has 0 aliphatic heterocycles. The second-order valence-corrected chi connectivity index (χ2v) is 6.23. The van der Waals surface area contributed by atoms with Crippen LogP contribution in [0.15, 0.2) is 53.6 Å². The van der Waals surface area contributed by atoms with Gasteiger partial charge in [-0.2, -0.15) is 5.10 Å². The highest BCUT2D eigenvalue weighted by atomic mass is 35.5. The van der Waals surface area contributed by atoms with Crippen LogP contribution in [-0.4, -0.2) is 29.0 Å². The summed E-state index contributed by atoms with van der Waals surface area (Å²) in [5.41, 5.74) is 4.03. The van der Waals surface area contributed by atoms with Gasteiger partial charge in [0.25, 0.3) is 0 Å². The Bertz CT molecular complexity index is 748. The van der Waals surface area contributed by atoms with Crippen LogP contribution < -0.4 is 5.43 Å². The van der Waals surface area contributed by atoms with E-state index in [0.29, 0.717) is 16.3 Å². The Morgan fingerprint density at radius 1 is 1.17 bits per heavy atom. The maximum atomic E-state index is 11.7.